The van der Waals surface area contributed by atoms with Crippen LogP contribution in [-0.2, 0) is 0 Å². The number of benzene rings is 3. The number of aryl methyl sites for hydroxylation is 1. The average Bonchev–Trinajstić information content (AvgIpc) is 2.67. The Hall–Kier alpha value is -3.19. The maximum atomic E-state index is 4.51. The Labute approximate surface area is 148 Å². The van der Waals surface area contributed by atoms with Crippen molar-refractivity contribution >= 4 is 22.9 Å². The molecule has 0 amide bonds. The third kappa shape index (κ3) is 3.36. The Morgan fingerprint density at radius 2 is 1.56 bits per heavy atom. The Kier molecular flexibility index (Phi) is 4.14. The van der Waals surface area contributed by atoms with Crippen LogP contribution in [-0.4, -0.2) is 4.98 Å². The van der Waals surface area contributed by atoms with Gasteiger partial charge in [-0.05, 0) is 53.1 Å². The first-order chi connectivity index (χ1) is 12.3. The van der Waals surface area contributed by atoms with Crippen LogP contribution in [0.1, 0.15) is 16.7 Å². The quantitative estimate of drug-likeness (QED) is 0.399. The normalized spacial score (nSPS) is 11.2. The molecule has 0 aliphatic carbocycles. The van der Waals surface area contributed by atoms with Crippen LogP contribution in [0.4, 0.5) is 0 Å². The summed E-state index contributed by atoms with van der Waals surface area (Å²) in [5.41, 5.74) is 5.79. The van der Waals surface area contributed by atoms with Crippen LogP contribution < -0.4 is 0 Å². The van der Waals surface area contributed by atoms with E-state index in [9.17, 15) is 0 Å². The van der Waals surface area contributed by atoms with Crippen molar-refractivity contribution in [1.82, 2.24) is 4.98 Å². The van der Waals surface area contributed by atoms with Gasteiger partial charge in [0.1, 0.15) is 0 Å². The van der Waals surface area contributed by atoms with E-state index in [-0.39, 0.29) is 0 Å². The molecule has 0 unspecified atom stereocenters. The summed E-state index contributed by atoms with van der Waals surface area (Å²) >= 11 is 0. The molecule has 0 saturated carbocycles. The van der Waals surface area contributed by atoms with Crippen LogP contribution >= 0.6 is 0 Å². The van der Waals surface area contributed by atoms with E-state index in [1.54, 1.807) is 0 Å². The van der Waals surface area contributed by atoms with Crippen LogP contribution in [0.25, 0.3) is 34.2 Å². The maximum absolute atomic E-state index is 4.51. The van der Waals surface area contributed by atoms with E-state index < -0.39 is 0 Å². The van der Waals surface area contributed by atoms with E-state index >= 15 is 0 Å². The molecular weight excluding hydrogens is 302 g/mol. The molecule has 0 bridgehead atoms. The van der Waals surface area contributed by atoms with Crippen molar-refractivity contribution in [3.8, 4) is 11.3 Å². The molecule has 0 aliphatic heterocycles. The van der Waals surface area contributed by atoms with Crippen molar-refractivity contribution in [1.29, 1.82) is 0 Å². The molecule has 0 aliphatic rings. The van der Waals surface area contributed by atoms with E-state index in [1.807, 2.05) is 18.3 Å². The lowest BCUT2D eigenvalue weighted by molar-refractivity contribution is 1.31. The molecule has 1 aromatic heterocycles. The second kappa shape index (κ2) is 6.74. The summed E-state index contributed by atoms with van der Waals surface area (Å²) in [6, 6.07) is 27.5. The highest BCUT2D eigenvalue weighted by Crippen LogP contribution is 2.25. The van der Waals surface area contributed by atoms with Gasteiger partial charge in [-0.25, -0.2) is 0 Å². The van der Waals surface area contributed by atoms with Crippen molar-refractivity contribution in [2.24, 2.45) is 0 Å². The van der Waals surface area contributed by atoms with Crippen molar-refractivity contribution in [2.45, 2.75) is 6.92 Å². The lowest BCUT2D eigenvalue weighted by atomic mass is 9.99. The number of fused-ring (bicyclic) bond motifs is 1. The molecular formula is C24H19N. The second-order valence-corrected chi connectivity index (χ2v) is 6.25. The number of aromatic nitrogens is 1. The minimum Gasteiger partial charge on any atom is -0.256 e. The highest BCUT2D eigenvalue weighted by molar-refractivity contribution is 5.87. The molecule has 1 nitrogen and oxygen atoms in total. The molecule has 3 aromatic carbocycles. The molecule has 0 fully saturated rings. The van der Waals surface area contributed by atoms with Crippen LogP contribution in [0.5, 0.6) is 0 Å². The molecule has 4 rings (SSSR count). The Morgan fingerprint density at radius 3 is 2.40 bits per heavy atom. The van der Waals surface area contributed by atoms with Crippen LogP contribution in [0.2, 0.25) is 0 Å². The standard InChI is InChI=1S/C24H19N/c1-18-9-12-21(23(16-18)24-8-4-5-15-25-24)14-11-19-10-13-20-6-2-3-7-22(20)17-19/h2-17H,1H3/b14-11+. The minimum atomic E-state index is 1.00. The first kappa shape index (κ1) is 15.3. The van der Waals surface area contributed by atoms with E-state index in [0.717, 1.165) is 11.3 Å². The van der Waals surface area contributed by atoms with Crippen molar-refractivity contribution < 1.29 is 0 Å². The van der Waals surface area contributed by atoms with Crippen LogP contribution in [0.15, 0.2) is 85.1 Å². The summed E-state index contributed by atoms with van der Waals surface area (Å²) in [4.78, 5) is 4.51. The number of rotatable bonds is 3. The third-order valence-electron chi connectivity index (χ3n) is 4.38. The van der Waals surface area contributed by atoms with Gasteiger partial charge < -0.3 is 0 Å². The zero-order valence-corrected chi connectivity index (χ0v) is 14.2. The Bertz CT molecular complexity index is 1050. The molecule has 0 atom stereocenters. The Morgan fingerprint density at radius 1 is 0.720 bits per heavy atom. The molecule has 0 saturated heterocycles. The van der Waals surface area contributed by atoms with Gasteiger partial charge in [-0.3, -0.25) is 4.98 Å². The van der Waals surface area contributed by atoms with Gasteiger partial charge in [0.05, 0.1) is 5.69 Å². The monoisotopic (exact) mass is 321 g/mol. The molecule has 25 heavy (non-hydrogen) atoms. The van der Waals surface area contributed by atoms with Gasteiger partial charge in [-0.15, -0.1) is 0 Å². The largest absolute Gasteiger partial charge is 0.256 e. The van der Waals surface area contributed by atoms with Gasteiger partial charge in [-0.2, -0.15) is 0 Å². The van der Waals surface area contributed by atoms with Crippen molar-refractivity contribution in [3.63, 3.8) is 0 Å². The van der Waals surface area contributed by atoms with Crippen molar-refractivity contribution in [2.75, 3.05) is 0 Å². The summed E-state index contributed by atoms with van der Waals surface area (Å²) in [5.74, 6) is 0. The average molecular weight is 321 g/mol. The molecule has 4 aromatic rings. The zero-order valence-electron chi connectivity index (χ0n) is 14.2. The lowest BCUT2D eigenvalue weighted by Crippen LogP contribution is -1.87. The number of nitrogens with zero attached hydrogens (tertiary/aromatic N) is 1. The van der Waals surface area contributed by atoms with Crippen molar-refractivity contribution in [3.05, 3.63) is 102 Å². The Balaban J connectivity index is 1.73. The van der Waals surface area contributed by atoms with Gasteiger partial charge in [0, 0.05) is 11.8 Å². The van der Waals surface area contributed by atoms with Gasteiger partial charge in [0.25, 0.3) is 0 Å². The highest BCUT2D eigenvalue weighted by atomic mass is 14.7. The maximum Gasteiger partial charge on any atom is 0.0708 e. The van der Waals surface area contributed by atoms with Gasteiger partial charge in [-0.1, -0.05) is 72.3 Å². The summed E-state index contributed by atoms with van der Waals surface area (Å²) < 4.78 is 0. The molecule has 0 spiro atoms. The topological polar surface area (TPSA) is 12.9 Å². The van der Waals surface area contributed by atoms with Crippen LogP contribution in [0.3, 0.4) is 0 Å². The lowest BCUT2D eigenvalue weighted by Gasteiger charge is -2.07. The predicted molar refractivity (Wildman–Crippen MR) is 107 cm³/mol. The number of pyridine rings is 1. The molecule has 0 N–H and O–H groups in total. The summed E-state index contributed by atoms with van der Waals surface area (Å²) in [6.45, 7) is 2.11. The fourth-order valence-corrected chi connectivity index (χ4v) is 3.06. The van der Waals surface area contributed by atoms with E-state index in [2.05, 4.69) is 90.8 Å². The number of hydrogen-bond donors (Lipinski definition) is 0. The molecule has 120 valence electrons. The highest BCUT2D eigenvalue weighted by Gasteiger charge is 2.04. The smallest absolute Gasteiger partial charge is 0.0708 e. The van der Waals surface area contributed by atoms with Gasteiger partial charge in [0.15, 0.2) is 0 Å². The fourth-order valence-electron chi connectivity index (χ4n) is 3.06. The summed E-state index contributed by atoms with van der Waals surface area (Å²) in [6.07, 6.45) is 6.19. The summed E-state index contributed by atoms with van der Waals surface area (Å²) in [5, 5.41) is 2.53. The van der Waals surface area contributed by atoms with Crippen LogP contribution in [0, 0.1) is 6.92 Å². The third-order valence-corrected chi connectivity index (χ3v) is 4.38. The van der Waals surface area contributed by atoms with E-state index in [0.29, 0.717) is 0 Å². The number of hydrogen-bond acceptors (Lipinski definition) is 1. The molecule has 1 heteroatoms. The first-order valence-corrected chi connectivity index (χ1v) is 8.48. The van der Waals surface area contributed by atoms with E-state index in [1.165, 1.54) is 27.5 Å². The zero-order chi connectivity index (χ0) is 17.1. The van der Waals surface area contributed by atoms with Gasteiger partial charge in [0.2, 0.25) is 0 Å². The first-order valence-electron chi connectivity index (χ1n) is 8.48. The predicted octanol–water partition coefficient (Wildman–Crippen LogP) is 6.38. The second-order valence-electron chi connectivity index (χ2n) is 6.25. The molecule has 1 heterocycles. The summed E-state index contributed by atoms with van der Waals surface area (Å²) in [7, 11) is 0. The van der Waals surface area contributed by atoms with E-state index in [4.69, 9.17) is 0 Å². The fraction of sp³-hybridized carbons (Fsp3) is 0.0417. The minimum absolute atomic E-state index is 1.00. The molecule has 0 radical (unpaired) electrons. The SMILES string of the molecule is Cc1ccc(/C=C/c2ccc3ccccc3c2)c(-c2ccccn2)c1. The van der Waals surface area contributed by atoms with Gasteiger partial charge >= 0.3 is 0 Å².